The smallest absolute Gasteiger partial charge is 0.106 e. The summed E-state index contributed by atoms with van der Waals surface area (Å²) in [6, 6.07) is 1.47. The second kappa shape index (κ2) is 5.46. The lowest BCUT2D eigenvalue weighted by Crippen LogP contribution is -2.41. The summed E-state index contributed by atoms with van der Waals surface area (Å²) in [6.07, 6.45) is 8.76. The summed E-state index contributed by atoms with van der Waals surface area (Å²) in [5.74, 6) is 0.845. The van der Waals surface area contributed by atoms with Gasteiger partial charge in [-0.15, -0.1) is 11.3 Å². The van der Waals surface area contributed by atoms with Crippen LogP contribution in [-0.2, 0) is 6.54 Å². The summed E-state index contributed by atoms with van der Waals surface area (Å²) in [5.41, 5.74) is 0. The number of hydrogen-bond acceptors (Lipinski definition) is 4. The van der Waals surface area contributed by atoms with Gasteiger partial charge >= 0.3 is 0 Å². The first-order chi connectivity index (χ1) is 8.43. The third-order valence-electron chi connectivity index (χ3n) is 4.18. The van der Waals surface area contributed by atoms with Crippen LogP contribution in [0.5, 0.6) is 0 Å². The SMILES string of the molecule is c1csc(CNC2CCCC2C2CCCN2)n1. The summed E-state index contributed by atoms with van der Waals surface area (Å²) < 4.78 is 0. The van der Waals surface area contributed by atoms with E-state index in [4.69, 9.17) is 0 Å². The van der Waals surface area contributed by atoms with Crippen LogP contribution in [0.4, 0.5) is 0 Å². The molecular formula is C13H21N3S. The zero-order chi connectivity index (χ0) is 11.5. The second-order valence-electron chi connectivity index (χ2n) is 5.21. The Bertz CT molecular complexity index is 332. The van der Waals surface area contributed by atoms with E-state index >= 15 is 0 Å². The van der Waals surface area contributed by atoms with Crippen LogP contribution in [0.25, 0.3) is 0 Å². The molecule has 0 radical (unpaired) electrons. The Hall–Kier alpha value is -0.450. The normalized spacial score (nSPS) is 33.3. The largest absolute Gasteiger partial charge is 0.314 e. The van der Waals surface area contributed by atoms with E-state index in [0.717, 1.165) is 18.5 Å². The first-order valence-corrected chi connectivity index (χ1v) is 7.66. The van der Waals surface area contributed by atoms with Crippen molar-refractivity contribution in [1.82, 2.24) is 15.6 Å². The summed E-state index contributed by atoms with van der Waals surface area (Å²) in [4.78, 5) is 4.34. The van der Waals surface area contributed by atoms with Gasteiger partial charge in [-0.3, -0.25) is 0 Å². The molecule has 0 amide bonds. The summed E-state index contributed by atoms with van der Waals surface area (Å²) >= 11 is 1.75. The molecule has 3 unspecified atom stereocenters. The van der Waals surface area contributed by atoms with Crippen LogP contribution in [0.3, 0.4) is 0 Å². The molecule has 17 heavy (non-hydrogen) atoms. The van der Waals surface area contributed by atoms with Crippen LogP contribution >= 0.6 is 11.3 Å². The predicted molar refractivity (Wildman–Crippen MR) is 71.1 cm³/mol. The molecule has 3 atom stereocenters. The van der Waals surface area contributed by atoms with Crippen molar-refractivity contribution in [3.05, 3.63) is 16.6 Å². The van der Waals surface area contributed by atoms with E-state index in [1.807, 2.05) is 6.20 Å². The van der Waals surface area contributed by atoms with Gasteiger partial charge in [0.1, 0.15) is 5.01 Å². The van der Waals surface area contributed by atoms with Gasteiger partial charge < -0.3 is 10.6 Å². The number of nitrogens with zero attached hydrogens (tertiary/aromatic N) is 1. The zero-order valence-electron chi connectivity index (χ0n) is 10.2. The maximum Gasteiger partial charge on any atom is 0.106 e. The van der Waals surface area contributed by atoms with E-state index in [0.29, 0.717) is 6.04 Å². The summed E-state index contributed by atoms with van der Waals surface area (Å²) in [7, 11) is 0. The van der Waals surface area contributed by atoms with E-state index < -0.39 is 0 Å². The van der Waals surface area contributed by atoms with Gasteiger partial charge in [-0.05, 0) is 38.1 Å². The molecule has 1 aliphatic carbocycles. The average molecular weight is 251 g/mol. The number of nitrogens with one attached hydrogen (secondary N) is 2. The van der Waals surface area contributed by atoms with Gasteiger partial charge in [-0.25, -0.2) is 4.98 Å². The van der Waals surface area contributed by atoms with E-state index in [1.54, 1.807) is 11.3 Å². The molecule has 0 spiro atoms. The van der Waals surface area contributed by atoms with Crippen LogP contribution in [0.2, 0.25) is 0 Å². The highest BCUT2D eigenvalue weighted by molar-refractivity contribution is 7.09. The summed E-state index contributed by atoms with van der Waals surface area (Å²) in [6.45, 7) is 2.17. The third kappa shape index (κ3) is 2.69. The quantitative estimate of drug-likeness (QED) is 0.861. The number of rotatable bonds is 4. The van der Waals surface area contributed by atoms with Crippen LogP contribution in [0.1, 0.15) is 37.1 Å². The molecule has 0 aromatic carbocycles. The highest BCUT2D eigenvalue weighted by atomic mass is 32.1. The second-order valence-corrected chi connectivity index (χ2v) is 6.19. The molecule has 1 aromatic rings. The van der Waals surface area contributed by atoms with Crippen molar-refractivity contribution in [1.29, 1.82) is 0 Å². The molecule has 3 rings (SSSR count). The van der Waals surface area contributed by atoms with Crippen LogP contribution in [-0.4, -0.2) is 23.6 Å². The van der Waals surface area contributed by atoms with Gasteiger partial charge in [-0.1, -0.05) is 6.42 Å². The molecule has 2 fully saturated rings. The zero-order valence-corrected chi connectivity index (χ0v) is 11.0. The average Bonchev–Trinajstić information content (AvgIpc) is 3.09. The molecule has 1 saturated heterocycles. The molecule has 3 nitrogen and oxygen atoms in total. The Kier molecular flexibility index (Phi) is 3.74. The molecule has 94 valence electrons. The third-order valence-corrected chi connectivity index (χ3v) is 4.96. The molecular weight excluding hydrogens is 230 g/mol. The standard InChI is InChI=1S/C13H21N3S/c1-3-10(11-5-2-6-14-11)12(4-1)16-9-13-15-7-8-17-13/h7-8,10-12,14,16H,1-6,9H2. The van der Waals surface area contributed by atoms with Gasteiger partial charge in [0.25, 0.3) is 0 Å². The lowest BCUT2D eigenvalue weighted by molar-refractivity contribution is 0.320. The predicted octanol–water partition coefficient (Wildman–Crippen LogP) is 2.15. The van der Waals surface area contributed by atoms with Crippen LogP contribution < -0.4 is 10.6 Å². The Labute approximate surface area is 107 Å². The molecule has 4 heteroatoms. The minimum atomic E-state index is 0.703. The first kappa shape index (κ1) is 11.6. The van der Waals surface area contributed by atoms with Crippen molar-refractivity contribution in [2.24, 2.45) is 5.92 Å². The Morgan fingerprint density at radius 2 is 2.35 bits per heavy atom. The number of hydrogen-bond donors (Lipinski definition) is 2. The minimum absolute atomic E-state index is 0.703. The van der Waals surface area contributed by atoms with Crippen LogP contribution in [0.15, 0.2) is 11.6 Å². The summed E-state index contributed by atoms with van der Waals surface area (Å²) in [5, 5.41) is 10.7. The topological polar surface area (TPSA) is 37.0 Å². The van der Waals surface area contributed by atoms with Gasteiger partial charge in [0.05, 0.1) is 0 Å². The molecule has 1 saturated carbocycles. The van der Waals surface area contributed by atoms with E-state index in [-0.39, 0.29) is 0 Å². The lowest BCUT2D eigenvalue weighted by Gasteiger charge is -2.26. The van der Waals surface area contributed by atoms with Crippen molar-refractivity contribution in [3.63, 3.8) is 0 Å². The van der Waals surface area contributed by atoms with Crippen molar-refractivity contribution >= 4 is 11.3 Å². The monoisotopic (exact) mass is 251 g/mol. The van der Waals surface area contributed by atoms with E-state index in [2.05, 4.69) is 21.0 Å². The van der Waals surface area contributed by atoms with Crippen LogP contribution in [0, 0.1) is 5.92 Å². The van der Waals surface area contributed by atoms with Crippen molar-refractivity contribution in [2.75, 3.05) is 6.54 Å². The molecule has 2 N–H and O–H groups in total. The van der Waals surface area contributed by atoms with E-state index in [9.17, 15) is 0 Å². The number of aromatic nitrogens is 1. The van der Waals surface area contributed by atoms with Gasteiger partial charge in [-0.2, -0.15) is 0 Å². The van der Waals surface area contributed by atoms with Crippen molar-refractivity contribution < 1.29 is 0 Å². The number of thiazole rings is 1. The molecule has 2 aliphatic rings. The fourth-order valence-corrected chi connectivity index (χ4v) is 3.93. The molecule has 2 heterocycles. The molecule has 0 bridgehead atoms. The Morgan fingerprint density at radius 3 is 3.12 bits per heavy atom. The Morgan fingerprint density at radius 1 is 1.35 bits per heavy atom. The fraction of sp³-hybridized carbons (Fsp3) is 0.769. The van der Waals surface area contributed by atoms with Crippen molar-refractivity contribution in [2.45, 2.75) is 50.7 Å². The maximum atomic E-state index is 4.34. The highest BCUT2D eigenvalue weighted by Gasteiger charge is 2.34. The highest BCUT2D eigenvalue weighted by Crippen LogP contribution is 2.32. The molecule has 1 aliphatic heterocycles. The van der Waals surface area contributed by atoms with Crippen molar-refractivity contribution in [3.8, 4) is 0 Å². The Balaban J connectivity index is 1.54. The lowest BCUT2D eigenvalue weighted by atomic mass is 9.93. The maximum absolute atomic E-state index is 4.34. The van der Waals surface area contributed by atoms with Gasteiger partial charge in [0, 0.05) is 30.2 Å². The fourth-order valence-electron chi connectivity index (χ4n) is 3.36. The first-order valence-electron chi connectivity index (χ1n) is 6.78. The van der Waals surface area contributed by atoms with Gasteiger partial charge in [0.15, 0.2) is 0 Å². The van der Waals surface area contributed by atoms with Gasteiger partial charge in [0.2, 0.25) is 0 Å². The molecule has 1 aromatic heterocycles. The minimum Gasteiger partial charge on any atom is -0.314 e. The van der Waals surface area contributed by atoms with E-state index in [1.165, 1.54) is 43.7 Å².